The lowest BCUT2D eigenvalue weighted by Crippen LogP contribution is -2.37. The summed E-state index contributed by atoms with van der Waals surface area (Å²) in [5, 5.41) is 4.05. The minimum Gasteiger partial charge on any atom is -0.447 e. The van der Waals surface area contributed by atoms with Gasteiger partial charge >= 0.3 is 5.97 Å². The number of likely N-dealkylation sites (N-methyl/N-ethyl adjacent to an activating group) is 1. The van der Waals surface area contributed by atoms with Crippen LogP contribution in [-0.2, 0) is 16.1 Å². The summed E-state index contributed by atoms with van der Waals surface area (Å²) in [7, 11) is 1.55. The number of aryl methyl sites for hydroxylation is 1. The zero-order valence-corrected chi connectivity index (χ0v) is 15.1. The molecule has 0 aliphatic heterocycles. The van der Waals surface area contributed by atoms with Gasteiger partial charge in [-0.2, -0.15) is 4.98 Å². The number of ether oxygens (including phenoxy) is 1. The second-order valence-electron chi connectivity index (χ2n) is 6.11. The molecule has 3 rings (SSSR count). The largest absolute Gasteiger partial charge is 0.447 e. The highest BCUT2D eigenvalue weighted by molar-refractivity contribution is 5.89. The summed E-state index contributed by atoms with van der Waals surface area (Å²) in [6.07, 6.45) is 0.513. The van der Waals surface area contributed by atoms with Crippen LogP contribution in [0, 0.1) is 12.7 Å². The molecule has 0 fully saturated rings. The van der Waals surface area contributed by atoms with Crippen LogP contribution < -0.4 is 0 Å². The maximum Gasteiger partial charge on any atom is 0.379 e. The van der Waals surface area contributed by atoms with Crippen molar-refractivity contribution in [2.24, 2.45) is 0 Å². The number of carbonyl (C=O) groups is 2. The van der Waals surface area contributed by atoms with Crippen molar-refractivity contribution in [2.45, 2.75) is 26.5 Å². The molecule has 140 valence electrons. The molecule has 1 amide bonds. The Morgan fingerprint density at radius 3 is 2.81 bits per heavy atom. The van der Waals surface area contributed by atoms with Crippen molar-refractivity contribution in [1.29, 1.82) is 0 Å². The van der Waals surface area contributed by atoms with Crippen LogP contribution in [0.2, 0.25) is 0 Å². The van der Waals surface area contributed by atoms with Crippen LogP contribution in [-0.4, -0.2) is 49.5 Å². The third-order valence-electron chi connectivity index (χ3n) is 3.93. The Hall–Kier alpha value is -3.36. The van der Waals surface area contributed by atoms with Crippen molar-refractivity contribution < 1.29 is 18.7 Å². The predicted octanol–water partition coefficient (Wildman–Crippen LogP) is 1.78. The van der Waals surface area contributed by atoms with E-state index in [9.17, 15) is 14.0 Å². The first-order valence-corrected chi connectivity index (χ1v) is 8.24. The normalized spacial score (nSPS) is 12.0. The summed E-state index contributed by atoms with van der Waals surface area (Å²) in [5.74, 6) is -1.53. The lowest BCUT2D eigenvalue weighted by atomic mass is 10.2. The van der Waals surface area contributed by atoms with Gasteiger partial charge in [0.25, 0.3) is 17.5 Å². The molecule has 1 atom stereocenters. The number of rotatable bonds is 5. The van der Waals surface area contributed by atoms with Crippen molar-refractivity contribution in [1.82, 2.24) is 24.5 Å². The predicted molar refractivity (Wildman–Crippen MR) is 93.3 cm³/mol. The molecule has 0 unspecified atom stereocenters. The van der Waals surface area contributed by atoms with E-state index < -0.39 is 18.0 Å². The van der Waals surface area contributed by atoms with E-state index in [1.807, 2.05) is 0 Å². The van der Waals surface area contributed by atoms with Crippen molar-refractivity contribution in [2.75, 3.05) is 7.05 Å². The van der Waals surface area contributed by atoms with Crippen molar-refractivity contribution in [3.63, 3.8) is 0 Å². The molecule has 9 heteroatoms. The van der Waals surface area contributed by atoms with Gasteiger partial charge in [-0.15, -0.1) is 5.10 Å². The molecule has 0 spiro atoms. The summed E-state index contributed by atoms with van der Waals surface area (Å²) < 4.78 is 19.9. The minimum atomic E-state index is -1.04. The molecule has 0 N–H and O–H groups in total. The average Bonchev–Trinajstić information content (AvgIpc) is 3.07. The van der Waals surface area contributed by atoms with Gasteiger partial charge < -0.3 is 9.64 Å². The third kappa shape index (κ3) is 4.08. The lowest BCUT2D eigenvalue weighted by Gasteiger charge is -2.21. The van der Waals surface area contributed by atoms with Gasteiger partial charge in [0.15, 0.2) is 6.10 Å². The van der Waals surface area contributed by atoms with Gasteiger partial charge in [0, 0.05) is 25.5 Å². The van der Waals surface area contributed by atoms with E-state index in [4.69, 9.17) is 4.74 Å². The molecule has 0 radical (unpaired) electrons. The Kier molecular flexibility index (Phi) is 5.11. The SMILES string of the molecule is Cc1ccnc2nc(C(=O)O[C@@H](C)C(=O)N(C)Cc3cccc(F)c3)nn12. The first kappa shape index (κ1) is 18.4. The average molecular weight is 371 g/mol. The number of halogens is 1. The fourth-order valence-electron chi connectivity index (χ4n) is 2.55. The number of esters is 1. The summed E-state index contributed by atoms with van der Waals surface area (Å²) in [6, 6.07) is 7.67. The van der Waals surface area contributed by atoms with Gasteiger partial charge in [-0.1, -0.05) is 12.1 Å². The molecule has 0 aliphatic rings. The van der Waals surface area contributed by atoms with Gasteiger partial charge in [-0.05, 0) is 37.6 Å². The molecule has 1 aromatic carbocycles. The van der Waals surface area contributed by atoms with Crippen LogP contribution in [0.15, 0.2) is 36.5 Å². The van der Waals surface area contributed by atoms with Crippen LogP contribution in [0.5, 0.6) is 0 Å². The molecular weight excluding hydrogens is 353 g/mol. The van der Waals surface area contributed by atoms with Gasteiger partial charge in [-0.3, -0.25) is 4.79 Å². The molecule has 27 heavy (non-hydrogen) atoms. The number of carbonyl (C=O) groups excluding carboxylic acids is 2. The van der Waals surface area contributed by atoms with Gasteiger partial charge in [0.2, 0.25) is 0 Å². The highest BCUT2D eigenvalue weighted by Gasteiger charge is 2.25. The summed E-state index contributed by atoms with van der Waals surface area (Å²) in [4.78, 5) is 34.1. The molecule has 0 saturated heterocycles. The zero-order valence-electron chi connectivity index (χ0n) is 15.1. The maximum absolute atomic E-state index is 13.3. The quantitative estimate of drug-likeness (QED) is 0.635. The van der Waals surface area contributed by atoms with Gasteiger partial charge in [0.1, 0.15) is 5.82 Å². The number of fused-ring (bicyclic) bond motifs is 1. The fourth-order valence-corrected chi connectivity index (χ4v) is 2.55. The molecule has 0 aliphatic carbocycles. The summed E-state index contributed by atoms with van der Waals surface area (Å²) in [6.45, 7) is 3.45. The molecule has 0 saturated carbocycles. The van der Waals surface area contributed by atoms with E-state index >= 15 is 0 Å². The number of aromatic nitrogens is 4. The van der Waals surface area contributed by atoms with E-state index in [2.05, 4.69) is 15.1 Å². The maximum atomic E-state index is 13.3. The number of hydrogen-bond acceptors (Lipinski definition) is 6. The highest BCUT2D eigenvalue weighted by Crippen LogP contribution is 2.10. The Labute approximate surface area is 154 Å². The smallest absolute Gasteiger partial charge is 0.379 e. The van der Waals surface area contributed by atoms with E-state index in [0.29, 0.717) is 5.56 Å². The lowest BCUT2D eigenvalue weighted by molar-refractivity contribution is -0.139. The van der Waals surface area contributed by atoms with E-state index in [0.717, 1.165) is 5.69 Å². The highest BCUT2D eigenvalue weighted by atomic mass is 19.1. The Balaban J connectivity index is 1.65. The second-order valence-corrected chi connectivity index (χ2v) is 6.11. The standard InChI is InChI=1S/C18H18FN5O3/c1-11-7-8-20-18-21-15(22-24(11)18)17(26)27-12(2)16(25)23(3)10-13-5-4-6-14(19)9-13/h4-9,12H,10H2,1-3H3/t12-/m0/s1. The van der Waals surface area contributed by atoms with E-state index in [1.54, 1.807) is 38.4 Å². The van der Waals surface area contributed by atoms with Crippen molar-refractivity contribution >= 4 is 17.7 Å². The number of benzene rings is 1. The number of nitrogens with zero attached hydrogens (tertiary/aromatic N) is 5. The second kappa shape index (κ2) is 7.48. The molecule has 3 aromatic rings. The summed E-state index contributed by atoms with van der Waals surface area (Å²) in [5.41, 5.74) is 1.39. The Morgan fingerprint density at radius 2 is 2.11 bits per heavy atom. The molecule has 2 heterocycles. The Morgan fingerprint density at radius 1 is 1.33 bits per heavy atom. The number of hydrogen-bond donors (Lipinski definition) is 0. The van der Waals surface area contributed by atoms with Crippen molar-refractivity contribution in [3.8, 4) is 0 Å². The third-order valence-corrected chi connectivity index (χ3v) is 3.93. The monoisotopic (exact) mass is 371 g/mol. The van der Waals surface area contributed by atoms with Crippen LogP contribution in [0.25, 0.3) is 5.78 Å². The molecule has 8 nitrogen and oxygen atoms in total. The van der Waals surface area contributed by atoms with Gasteiger partial charge in [-0.25, -0.2) is 18.7 Å². The topological polar surface area (TPSA) is 89.7 Å². The van der Waals surface area contributed by atoms with Crippen LogP contribution in [0.1, 0.15) is 28.8 Å². The van der Waals surface area contributed by atoms with Crippen LogP contribution in [0.3, 0.4) is 0 Å². The first-order chi connectivity index (χ1) is 12.8. The fraction of sp³-hybridized carbons (Fsp3) is 0.278. The zero-order chi connectivity index (χ0) is 19.6. The first-order valence-electron chi connectivity index (χ1n) is 8.24. The van der Waals surface area contributed by atoms with Crippen molar-refractivity contribution in [3.05, 3.63) is 59.4 Å². The molecule has 0 bridgehead atoms. The molecule has 2 aromatic heterocycles. The Bertz CT molecular complexity index is 1000. The van der Waals surface area contributed by atoms with Crippen LogP contribution >= 0.6 is 0 Å². The summed E-state index contributed by atoms with van der Waals surface area (Å²) >= 11 is 0. The van der Waals surface area contributed by atoms with Crippen LogP contribution in [0.4, 0.5) is 4.39 Å². The van der Waals surface area contributed by atoms with E-state index in [-0.39, 0.29) is 24.0 Å². The van der Waals surface area contributed by atoms with E-state index in [1.165, 1.54) is 28.5 Å². The van der Waals surface area contributed by atoms with Gasteiger partial charge in [0.05, 0.1) is 0 Å². The number of amides is 1. The minimum absolute atomic E-state index is 0.177. The molecular formula is C18H18FN5O3.